The first-order valence-electron chi connectivity index (χ1n) is 7.55. The van der Waals surface area contributed by atoms with Crippen LogP contribution in [0.4, 0.5) is 0 Å². The maximum absolute atomic E-state index is 6.15. The van der Waals surface area contributed by atoms with Crippen molar-refractivity contribution < 1.29 is 4.74 Å². The molecule has 2 aliphatic rings. The van der Waals surface area contributed by atoms with Gasteiger partial charge in [-0.1, -0.05) is 11.4 Å². The maximum Gasteiger partial charge on any atom is 0.0927 e. The number of aromatic nitrogens is 2. The number of hydrogen-bond acceptors (Lipinski definition) is 6. The molecule has 0 radical (unpaired) electrons. The normalized spacial score (nSPS) is 31.8. The van der Waals surface area contributed by atoms with Gasteiger partial charge in [0.25, 0.3) is 0 Å². The molecule has 0 saturated carbocycles. The Labute approximate surface area is 129 Å². The summed E-state index contributed by atoms with van der Waals surface area (Å²) in [4.78, 5) is 0. The highest BCUT2D eigenvalue weighted by Crippen LogP contribution is 2.43. The lowest BCUT2D eigenvalue weighted by atomic mass is 9.80. The van der Waals surface area contributed by atoms with Crippen LogP contribution in [0.5, 0.6) is 0 Å². The molecule has 2 saturated heterocycles. The van der Waals surface area contributed by atoms with Gasteiger partial charge >= 0.3 is 0 Å². The minimum atomic E-state index is 0.142. The summed E-state index contributed by atoms with van der Waals surface area (Å²) in [5.41, 5.74) is 1.26. The van der Waals surface area contributed by atoms with E-state index in [1.165, 1.54) is 35.9 Å². The summed E-state index contributed by atoms with van der Waals surface area (Å²) in [7, 11) is 0. The Bertz CT molecular complexity index is 407. The highest BCUT2D eigenvalue weighted by Gasteiger charge is 2.43. The molecule has 3 rings (SSSR count). The van der Waals surface area contributed by atoms with E-state index in [9.17, 15) is 0 Å². The van der Waals surface area contributed by atoms with Crippen LogP contribution in [-0.4, -0.2) is 39.8 Å². The lowest BCUT2D eigenvalue weighted by molar-refractivity contribution is -0.0856. The lowest BCUT2D eigenvalue weighted by Crippen LogP contribution is -2.44. The molecule has 2 aliphatic heterocycles. The zero-order valence-corrected chi connectivity index (χ0v) is 13.6. The Kier molecular flexibility index (Phi) is 4.96. The van der Waals surface area contributed by atoms with E-state index in [-0.39, 0.29) is 5.60 Å². The third kappa shape index (κ3) is 3.18. The predicted molar refractivity (Wildman–Crippen MR) is 84.3 cm³/mol. The fourth-order valence-electron chi connectivity index (χ4n) is 3.33. The van der Waals surface area contributed by atoms with E-state index in [0.29, 0.717) is 12.0 Å². The van der Waals surface area contributed by atoms with Gasteiger partial charge in [0, 0.05) is 17.7 Å². The van der Waals surface area contributed by atoms with Gasteiger partial charge in [-0.05, 0) is 55.4 Å². The molecular weight excluding hydrogens is 290 g/mol. The number of thioether (sulfide) groups is 1. The molecule has 20 heavy (non-hydrogen) atoms. The van der Waals surface area contributed by atoms with E-state index in [0.717, 1.165) is 31.7 Å². The van der Waals surface area contributed by atoms with E-state index < -0.39 is 0 Å². The Hall–Kier alpha value is -0.170. The molecule has 6 heteroatoms. The predicted octanol–water partition coefficient (Wildman–Crippen LogP) is 2.88. The van der Waals surface area contributed by atoms with Crippen molar-refractivity contribution in [3.63, 3.8) is 0 Å². The first-order chi connectivity index (χ1) is 9.83. The molecule has 3 heterocycles. The van der Waals surface area contributed by atoms with E-state index in [2.05, 4.69) is 27.2 Å². The molecular formula is C14H23N3OS2. The third-order valence-corrected chi connectivity index (χ3v) is 6.13. The highest BCUT2D eigenvalue weighted by atomic mass is 32.2. The number of hydrogen-bond donors (Lipinski definition) is 1. The van der Waals surface area contributed by atoms with Gasteiger partial charge in [0.05, 0.1) is 17.3 Å². The SMILES string of the molecule is CCCNC(c1csnn1)C1CCOC2(CCSC2)C1. The molecule has 1 aromatic rings. The number of nitrogens with one attached hydrogen (secondary N) is 1. The molecule has 1 aromatic heterocycles. The zero-order chi connectivity index (χ0) is 13.8. The van der Waals surface area contributed by atoms with Gasteiger partial charge in [-0.3, -0.25) is 0 Å². The highest BCUT2D eigenvalue weighted by molar-refractivity contribution is 7.99. The second-order valence-electron chi connectivity index (χ2n) is 5.85. The second kappa shape index (κ2) is 6.73. The minimum absolute atomic E-state index is 0.142. The van der Waals surface area contributed by atoms with Gasteiger partial charge < -0.3 is 10.1 Å². The van der Waals surface area contributed by atoms with Crippen LogP contribution in [-0.2, 0) is 4.74 Å². The molecule has 0 bridgehead atoms. The molecule has 2 fully saturated rings. The van der Waals surface area contributed by atoms with Crippen LogP contribution in [0.1, 0.15) is 44.3 Å². The molecule has 1 spiro atoms. The molecule has 3 atom stereocenters. The Balaban J connectivity index is 1.72. The molecule has 0 aromatic carbocycles. The fraction of sp³-hybridized carbons (Fsp3) is 0.857. The van der Waals surface area contributed by atoms with Crippen molar-refractivity contribution in [2.24, 2.45) is 5.92 Å². The van der Waals surface area contributed by atoms with Crippen molar-refractivity contribution in [2.45, 2.75) is 44.2 Å². The number of nitrogens with zero attached hydrogens (tertiary/aromatic N) is 2. The van der Waals surface area contributed by atoms with Crippen LogP contribution in [0.3, 0.4) is 0 Å². The van der Waals surface area contributed by atoms with Crippen LogP contribution in [0.25, 0.3) is 0 Å². The average Bonchev–Trinajstić information content (AvgIpc) is 3.12. The van der Waals surface area contributed by atoms with Gasteiger partial charge in [-0.25, -0.2) is 0 Å². The standard InChI is InChI=1S/C14H23N3OS2/c1-2-5-15-13(12-9-20-17-16-12)11-3-6-18-14(8-11)4-7-19-10-14/h9,11,13,15H,2-8,10H2,1H3. The van der Waals surface area contributed by atoms with Gasteiger partial charge in [0.1, 0.15) is 0 Å². The van der Waals surface area contributed by atoms with Crippen molar-refractivity contribution in [3.05, 3.63) is 11.1 Å². The van der Waals surface area contributed by atoms with Crippen molar-refractivity contribution in [2.75, 3.05) is 24.7 Å². The van der Waals surface area contributed by atoms with Gasteiger partial charge in [0.2, 0.25) is 0 Å². The van der Waals surface area contributed by atoms with E-state index >= 15 is 0 Å². The zero-order valence-electron chi connectivity index (χ0n) is 12.0. The van der Waals surface area contributed by atoms with Crippen LogP contribution in [0.2, 0.25) is 0 Å². The third-order valence-electron chi connectivity index (χ3n) is 4.38. The van der Waals surface area contributed by atoms with Crippen LogP contribution in [0.15, 0.2) is 5.38 Å². The molecule has 0 aliphatic carbocycles. The summed E-state index contributed by atoms with van der Waals surface area (Å²) in [6.07, 6.45) is 4.66. The molecule has 112 valence electrons. The average molecular weight is 313 g/mol. The van der Waals surface area contributed by atoms with Crippen LogP contribution >= 0.6 is 23.3 Å². The Morgan fingerprint density at radius 2 is 2.55 bits per heavy atom. The number of rotatable bonds is 5. The summed E-state index contributed by atoms with van der Waals surface area (Å²) in [6, 6.07) is 0.347. The molecule has 1 N–H and O–H groups in total. The first-order valence-corrected chi connectivity index (χ1v) is 9.54. The lowest BCUT2D eigenvalue weighted by Gasteiger charge is -2.40. The van der Waals surface area contributed by atoms with Crippen molar-refractivity contribution >= 4 is 23.3 Å². The first kappa shape index (κ1) is 14.8. The monoisotopic (exact) mass is 313 g/mol. The second-order valence-corrected chi connectivity index (χ2v) is 7.56. The van der Waals surface area contributed by atoms with Crippen LogP contribution in [0, 0.1) is 5.92 Å². The van der Waals surface area contributed by atoms with Gasteiger partial charge in [-0.2, -0.15) is 11.8 Å². The minimum Gasteiger partial charge on any atom is -0.374 e. The summed E-state index contributed by atoms with van der Waals surface area (Å²) in [6.45, 7) is 4.15. The van der Waals surface area contributed by atoms with Gasteiger partial charge in [-0.15, -0.1) is 5.10 Å². The quantitative estimate of drug-likeness (QED) is 0.906. The molecule has 0 amide bonds. The smallest absolute Gasteiger partial charge is 0.0927 e. The van der Waals surface area contributed by atoms with Crippen molar-refractivity contribution in [3.8, 4) is 0 Å². The van der Waals surface area contributed by atoms with E-state index in [1.807, 2.05) is 11.8 Å². The summed E-state index contributed by atoms with van der Waals surface area (Å²) >= 11 is 3.49. The van der Waals surface area contributed by atoms with E-state index in [4.69, 9.17) is 4.74 Å². The number of ether oxygens (including phenoxy) is 1. The summed E-state index contributed by atoms with van der Waals surface area (Å²) in [5.74, 6) is 3.04. The molecule has 4 nitrogen and oxygen atoms in total. The Morgan fingerprint density at radius 1 is 1.60 bits per heavy atom. The molecule has 3 unspecified atom stereocenters. The maximum atomic E-state index is 6.15. The van der Waals surface area contributed by atoms with Gasteiger partial charge in [0.15, 0.2) is 0 Å². The summed E-state index contributed by atoms with van der Waals surface area (Å²) in [5, 5.41) is 10.1. The van der Waals surface area contributed by atoms with Crippen LogP contribution < -0.4 is 5.32 Å². The van der Waals surface area contributed by atoms with E-state index in [1.54, 1.807) is 0 Å². The Morgan fingerprint density at radius 3 is 3.25 bits per heavy atom. The largest absolute Gasteiger partial charge is 0.374 e. The fourth-order valence-corrected chi connectivity index (χ4v) is 5.20. The summed E-state index contributed by atoms with van der Waals surface area (Å²) < 4.78 is 10.2. The van der Waals surface area contributed by atoms with Crippen molar-refractivity contribution in [1.29, 1.82) is 0 Å². The van der Waals surface area contributed by atoms with Crippen molar-refractivity contribution in [1.82, 2.24) is 14.9 Å². The topological polar surface area (TPSA) is 47.0 Å².